The number of alkyl halides is 3. The summed E-state index contributed by atoms with van der Waals surface area (Å²) >= 11 is 5.45. The number of phenols is 1. The smallest absolute Gasteiger partial charge is 0.405 e. The van der Waals surface area contributed by atoms with Crippen LogP contribution in [0.4, 0.5) is 17.6 Å². The molecule has 0 bridgehead atoms. The van der Waals surface area contributed by atoms with Crippen LogP contribution in [0.3, 0.4) is 0 Å². The number of hydrogen-bond donors (Lipinski definition) is 2. The van der Waals surface area contributed by atoms with Gasteiger partial charge in [0.1, 0.15) is 6.54 Å². The first-order chi connectivity index (χ1) is 7.70. The number of amides is 1. The van der Waals surface area contributed by atoms with Crippen LogP contribution in [-0.2, 0) is 0 Å². The topological polar surface area (TPSA) is 49.3 Å². The maximum Gasteiger partial charge on any atom is 0.405 e. The molecule has 1 aromatic rings. The molecular formula is C9H6ClF4NO2. The normalized spacial score (nSPS) is 11.4. The fourth-order valence-electron chi connectivity index (χ4n) is 0.987. The highest BCUT2D eigenvalue weighted by Crippen LogP contribution is 2.25. The number of aromatic hydroxyl groups is 1. The lowest BCUT2D eigenvalue weighted by molar-refractivity contribution is -0.123. The van der Waals surface area contributed by atoms with Crippen molar-refractivity contribution in [3.05, 3.63) is 28.5 Å². The Morgan fingerprint density at radius 2 is 2.00 bits per heavy atom. The number of rotatable bonds is 2. The Bertz CT molecular complexity index is 447. The first-order valence-corrected chi connectivity index (χ1v) is 4.61. The summed E-state index contributed by atoms with van der Waals surface area (Å²) in [6, 6.07) is 1.29. The highest BCUT2D eigenvalue weighted by atomic mass is 35.5. The van der Waals surface area contributed by atoms with Crippen LogP contribution in [0.5, 0.6) is 5.75 Å². The van der Waals surface area contributed by atoms with Crippen molar-refractivity contribution in [1.29, 1.82) is 0 Å². The number of benzene rings is 1. The molecule has 0 spiro atoms. The van der Waals surface area contributed by atoms with Crippen molar-refractivity contribution in [2.45, 2.75) is 6.18 Å². The third kappa shape index (κ3) is 3.77. The van der Waals surface area contributed by atoms with E-state index in [0.717, 1.165) is 0 Å². The average molecular weight is 272 g/mol. The third-order valence-electron chi connectivity index (χ3n) is 1.73. The van der Waals surface area contributed by atoms with Crippen molar-refractivity contribution in [2.75, 3.05) is 6.54 Å². The molecule has 1 rings (SSSR count). The van der Waals surface area contributed by atoms with Crippen LogP contribution >= 0.6 is 11.6 Å². The van der Waals surface area contributed by atoms with Crippen LogP contribution in [0.1, 0.15) is 10.4 Å². The van der Waals surface area contributed by atoms with Gasteiger partial charge in [-0.05, 0) is 12.1 Å². The van der Waals surface area contributed by atoms with Gasteiger partial charge in [0.05, 0.1) is 10.6 Å². The molecule has 0 heterocycles. The van der Waals surface area contributed by atoms with E-state index in [2.05, 4.69) is 0 Å². The molecule has 0 saturated heterocycles. The van der Waals surface area contributed by atoms with Gasteiger partial charge in [0.15, 0.2) is 11.6 Å². The van der Waals surface area contributed by atoms with Gasteiger partial charge in [0.2, 0.25) is 0 Å². The van der Waals surface area contributed by atoms with Gasteiger partial charge in [-0.15, -0.1) is 0 Å². The van der Waals surface area contributed by atoms with E-state index in [1.807, 2.05) is 0 Å². The van der Waals surface area contributed by atoms with Gasteiger partial charge in [-0.25, -0.2) is 4.39 Å². The summed E-state index contributed by atoms with van der Waals surface area (Å²) in [5, 5.41) is 10.1. The lowest BCUT2D eigenvalue weighted by Crippen LogP contribution is -2.33. The van der Waals surface area contributed by atoms with E-state index in [0.29, 0.717) is 12.1 Å². The Labute approximate surface area is 98.0 Å². The van der Waals surface area contributed by atoms with E-state index >= 15 is 0 Å². The third-order valence-corrected chi connectivity index (χ3v) is 2.04. The second-order valence-electron chi connectivity index (χ2n) is 3.08. The summed E-state index contributed by atoms with van der Waals surface area (Å²) < 4.78 is 48.2. The number of halogens is 5. The van der Waals surface area contributed by atoms with Gasteiger partial charge in [-0.3, -0.25) is 4.79 Å². The van der Waals surface area contributed by atoms with Gasteiger partial charge in [-0.2, -0.15) is 13.2 Å². The molecular weight excluding hydrogens is 266 g/mol. The Hall–Kier alpha value is -1.50. The number of carbonyl (C=O) groups excluding carboxylic acids is 1. The number of phenolic OH excluding ortho intramolecular Hbond substituents is 1. The lowest BCUT2D eigenvalue weighted by atomic mass is 10.2. The summed E-state index contributed by atoms with van der Waals surface area (Å²) in [6.07, 6.45) is -4.57. The number of hydrogen-bond acceptors (Lipinski definition) is 2. The molecule has 0 unspecified atom stereocenters. The molecule has 0 aliphatic heterocycles. The molecule has 3 nitrogen and oxygen atoms in total. The van der Waals surface area contributed by atoms with Crippen molar-refractivity contribution < 1.29 is 27.5 Å². The van der Waals surface area contributed by atoms with E-state index in [9.17, 15) is 22.4 Å². The van der Waals surface area contributed by atoms with Crippen LogP contribution in [0, 0.1) is 5.82 Å². The molecule has 0 radical (unpaired) electrons. The second-order valence-corrected chi connectivity index (χ2v) is 3.49. The van der Waals surface area contributed by atoms with Crippen molar-refractivity contribution in [1.82, 2.24) is 5.32 Å². The van der Waals surface area contributed by atoms with Crippen molar-refractivity contribution >= 4 is 17.5 Å². The summed E-state index contributed by atoms with van der Waals surface area (Å²) in [5.74, 6) is -3.09. The second kappa shape index (κ2) is 4.79. The van der Waals surface area contributed by atoms with Gasteiger partial charge in [0.25, 0.3) is 5.91 Å². The lowest BCUT2D eigenvalue weighted by Gasteiger charge is -2.09. The predicted octanol–water partition coefficient (Wildman–Crippen LogP) is 2.48. The van der Waals surface area contributed by atoms with Gasteiger partial charge < -0.3 is 10.4 Å². The fraction of sp³-hybridized carbons (Fsp3) is 0.222. The number of nitrogens with one attached hydrogen (secondary N) is 1. The van der Waals surface area contributed by atoms with E-state index in [1.165, 1.54) is 0 Å². The molecule has 17 heavy (non-hydrogen) atoms. The average Bonchev–Trinajstić information content (AvgIpc) is 2.19. The molecule has 2 N–H and O–H groups in total. The van der Waals surface area contributed by atoms with E-state index in [-0.39, 0.29) is 5.02 Å². The zero-order valence-electron chi connectivity index (χ0n) is 8.11. The molecule has 0 fully saturated rings. The van der Waals surface area contributed by atoms with Crippen LogP contribution < -0.4 is 5.32 Å². The first kappa shape index (κ1) is 13.6. The fourth-order valence-corrected chi connectivity index (χ4v) is 1.22. The molecule has 0 aliphatic carbocycles. The highest BCUT2D eigenvalue weighted by Gasteiger charge is 2.28. The maximum absolute atomic E-state index is 12.8. The Kier molecular flexibility index (Phi) is 3.82. The van der Waals surface area contributed by atoms with E-state index in [4.69, 9.17) is 16.7 Å². The SMILES string of the molecule is O=C(NCC(F)(F)F)c1cc(O)c(F)cc1Cl. The monoisotopic (exact) mass is 271 g/mol. The van der Waals surface area contributed by atoms with Crippen molar-refractivity contribution in [3.8, 4) is 5.75 Å². The molecule has 0 saturated carbocycles. The Balaban J connectivity index is 2.86. The van der Waals surface area contributed by atoms with Crippen molar-refractivity contribution in [2.24, 2.45) is 0 Å². The standard InChI is InChI=1S/C9H6ClF4NO2/c10-5-2-6(11)7(16)1-4(5)8(17)15-3-9(12,13)14/h1-2,16H,3H2,(H,15,17). The van der Waals surface area contributed by atoms with Gasteiger partial charge >= 0.3 is 6.18 Å². The molecule has 1 aromatic carbocycles. The predicted molar refractivity (Wildman–Crippen MR) is 51.5 cm³/mol. The first-order valence-electron chi connectivity index (χ1n) is 4.23. The molecule has 0 aliphatic rings. The Morgan fingerprint density at radius 3 is 2.53 bits per heavy atom. The summed E-state index contributed by atoms with van der Waals surface area (Å²) in [5.41, 5.74) is -0.435. The molecule has 8 heteroatoms. The minimum Gasteiger partial charge on any atom is -0.505 e. The Morgan fingerprint density at radius 1 is 1.41 bits per heavy atom. The summed E-state index contributed by atoms with van der Waals surface area (Å²) in [6.45, 7) is -1.54. The van der Waals surface area contributed by atoms with Gasteiger partial charge in [0, 0.05) is 0 Å². The quantitative estimate of drug-likeness (QED) is 0.812. The molecule has 0 aromatic heterocycles. The highest BCUT2D eigenvalue weighted by molar-refractivity contribution is 6.33. The minimum atomic E-state index is -4.57. The van der Waals surface area contributed by atoms with Crippen molar-refractivity contribution in [3.63, 3.8) is 0 Å². The molecule has 94 valence electrons. The van der Waals surface area contributed by atoms with E-state index in [1.54, 1.807) is 5.32 Å². The zero-order chi connectivity index (χ0) is 13.2. The minimum absolute atomic E-state index is 0.389. The summed E-state index contributed by atoms with van der Waals surface area (Å²) in [4.78, 5) is 11.2. The molecule has 1 amide bonds. The number of carbonyl (C=O) groups is 1. The van der Waals surface area contributed by atoms with Crippen LogP contribution in [-0.4, -0.2) is 23.7 Å². The van der Waals surface area contributed by atoms with Crippen LogP contribution in [0.25, 0.3) is 0 Å². The molecule has 0 atom stereocenters. The zero-order valence-corrected chi connectivity index (χ0v) is 8.86. The largest absolute Gasteiger partial charge is 0.505 e. The maximum atomic E-state index is 12.8. The van der Waals surface area contributed by atoms with E-state index < -0.39 is 35.8 Å². The van der Waals surface area contributed by atoms with Gasteiger partial charge in [-0.1, -0.05) is 11.6 Å². The summed E-state index contributed by atoms with van der Waals surface area (Å²) in [7, 11) is 0. The van der Waals surface area contributed by atoms with Crippen LogP contribution in [0.2, 0.25) is 5.02 Å². The van der Waals surface area contributed by atoms with Crippen LogP contribution in [0.15, 0.2) is 12.1 Å².